The molecule has 1 heterocycles. The average molecular weight is 277 g/mol. The molecule has 5 heteroatoms. The number of rotatable bonds is 5. The molecule has 5 nitrogen and oxygen atoms in total. The van der Waals surface area contributed by atoms with Crippen LogP contribution in [0, 0.1) is 0 Å². The van der Waals surface area contributed by atoms with Crippen LogP contribution >= 0.6 is 0 Å². The Hall–Kier alpha value is -1.88. The third-order valence-electron chi connectivity index (χ3n) is 3.31. The molecule has 1 aliphatic rings. The molecular weight excluding hydrogens is 258 g/mol. The Labute approximate surface area is 118 Å². The van der Waals surface area contributed by atoms with Gasteiger partial charge in [0.1, 0.15) is 12.1 Å². The molecule has 1 N–H and O–H groups in total. The first-order valence-corrected chi connectivity index (χ1v) is 6.74. The number of benzene rings is 1. The maximum absolute atomic E-state index is 12.0. The van der Waals surface area contributed by atoms with Crippen molar-refractivity contribution in [2.24, 2.45) is 0 Å². The first-order valence-electron chi connectivity index (χ1n) is 6.74. The van der Waals surface area contributed by atoms with Gasteiger partial charge < -0.3 is 14.8 Å². The lowest BCUT2D eigenvalue weighted by molar-refractivity contribution is -0.146. The van der Waals surface area contributed by atoms with Gasteiger partial charge in [-0.25, -0.2) is 4.79 Å². The summed E-state index contributed by atoms with van der Waals surface area (Å²) < 4.78 is 10.1. The second-order valence-electron chi connectivity index (χ2n) is 4.78. The normalized spacial score (nSPS) is 19.4. The van der Waals surface area contributed by atoms with Gasteiger partial charge in [-0.05, 0) is 18.4 Å². The summed E-state index contributed by atoms with van der Waals surface area (Å²) in [7, 11) is 1.32. The summed E-state index contributed by atoms with van der Waals surface area (Å²) >= 11 is 0. The third-order valence-corrected chi connectivity index (χ3v) is 3.31. The molecule has 0 aromatic heterocycles. The standard InChI is InChI=1S/C15H19NO4/c1-19-15(18)12(10-11-6-3-2-4-7-11)16-14(17)13-8-5-9-20-13/h2-4,6-7,12-13H,5,8-10H2,1H3,(H,16,17)/t12-,13?/m0/s1. The fraction of sp³-hybridized carbons (Fsp3) is 0.467. The Balaban J connectivity index is 2.00. The lowest BCUT2D eigenvalue weighted by Crippen LogP contribution is -2.47. The highest BCUT2D eigenvalue weighted by Gasteiger charge is 2.28. The van der Waals surface area contributed by atoms with E-state index in [1.165, 1.54) is 7.11 Å². The molecule has 0 bridgehead atoms. The second kappa shape index (κ2) is 7.05. The van der Waals surface area contributed by atoms with Crippen molar-refractivity contribution >= 4 is 11.9 Å². The van der Waals surface area contributed by atoms with E-state index in [1.807, 2.05) is 30.3 Å². The van der Waals surface area contributed by atoms with Crippen LogP contribution < -0.4 is 5.32 Å². The fourth-order valence-electron chi connectivity index (χ4n) is 2.23. The van der Waals surface area contributed by atoms with Crippen molar-refractivity contribution < 1.29 is 19.1 Å². The molecule has 0 radical (unpaired) electrons. The summed E-state index contributed by atoms with van der Waals surface area (Å²) in [6, 6.07) is 8.83. The van der Waals surface area contributed by atoms with E-state index in [9.17, 15) is 9.59 Å². The number of methoxy groups -OCH3 is 1. The van der Waals surface area contributed by atoms with E-state index < -0.39 is 18.1 Å². The molecule has 20 heavy (non-hydrogen) atoms. The number of carbonyl (C=O) groups excluding carboxylic acids is 2. The van der Waals surface area contributed by atoms with Crippen LogP contribution in [0.15, 0.2) is 30.3 Å². The Morgan fingerprint density at radius 3 is 2.75 bits per heavy atom. The summed E-state index contributed by atoms with van der Waals surface area (Å²) in [4.78, 5) is 23.8. The van der Waals surface area contributed by atoms with Crippen molar-refractivity contribution in [3.63, 3.8) is 0 Å². The van der Waals surface area contributed by atoms with Gasteiger partial charge in [-0.3, -0.25) is 4.79 Å². The van der Waals surface area contributed by atoms with E-state index in [4.69, 9.17) is 9.47 Å². The average Bonchev–Trinajstić information content (AvgIpc) is 3.01. The largest absolute Gasteiger partial charge is 0.467 e. The zero-order chi connectivity index (χ0) is 14.4. The quantitative estimate of drug-likeness (QED) is 0.818. The lowest BCUT2D eigenvalue weighted by Gasteiger charge is -2.18. The van der Waals surface area contributed by atoms with Crippen LogP contribution in [0.2, 0.25) is 0 Å². The Bertz CT molecular complexity index is 454. The van der Waals surface area contributed by atoms with Crippen molar-refractivity contribution in [1.29, 1.82) is 0 Å². The molecule has 1 amide bonds. The number of ether oxygens (including phenoxy) is 2. The van der Waals surface area contributed by atoms with Gasteiger partial charge >= 0.3 is 5.97 Å². The molecule has 1 aromatic carbocycles. The van der Waals surface area contributed by atoms with Gasteiger partial charge in [0.15, 0.2) is 0 Å². The lowest BCUT2D eigenvalue weighted by atomic mass is 10.1. The molecule has 2 atom stereocenters. The number of amides is 1. The van der Waals surface area contributed by atoms with E-state index >= 15 is 0 Å². The minimum atomic E-state index is -0.681. The van der Waals surface area contributed by atoms with Crippen LogP contribution in [0.1, 0.15) is 18.4 Å². The molecule has 1 saturated heterocycles. The van der Waals surface area contributed by atoms with Crippen LogP contribution in [0.3, 0.4) is 0 Å². The smallest absolute Gasteiger partial charge is 0.328 e. The highest BCUT2D eigenvalue weighted by molar-refractivity contribution is 5.87. The van der Waals surface area contributed by atoms with Gasteiger partial charge in [0, 0.05) is 13.0 Å². The molecule has 1 fully saturated rings. The highest BCUT2D eigenvalue weighted by atomic mass is 16.5. The SMILES string of the molecule is COC(=O)[C@H](Cc1ccccc1)NC(=O)C1CCCO1. The molecular formula is C15H19NO4. The van der Waals surface area contributed by atoms with Crippen molar-refractivity contribution in [1.82, 2.24) is 5.32 Å². The maximum Gasteiger partial charge on any atom is 0.328 e. The van der Waals surface area contributed by atoms with E-state index in [0.717, 1.165) is 12.0 Å². The summed E-state index contributed by atoms with van der Waals surface area (Å²) in [5.41, 5.74) is 0.968. The van der Waals surface area contributed by atoms with Crippen LogP contribution in [0.4, 0.5) is 0 Å². The number of carbonyl (C=O) groups is 2. The summed E-state index contributed by atoms with van der Waals surface area (Å²) in [6.45, 7) is 0.597. The first-order chi connectivity index (χ1) is 9.70. The number of nitrogens with one attached hydrogen (secondary N) is 1. The van der Waals surface area contributed by atoms with E-state index in [2.05, 4.69) is 5.32 Å². The zero-order valence-corrected chi connectivity index (χ0v) is 11.5. The zero-order valence-electron chi connectivity index (χ0n) is 11.5. The molecule has 1 aliphatic heterocycles. The van der Waals surface area contributed by atoms with Crippen LogP contribution in [-0.4, -0.2) is 37.7 Å². The monoisotopic (exact) mass is 277 g/mol. The molecule has 0 saturated carbocycles. The molecule has 1 aromatic rings. The van der Waals surface area contributed by atoms with Gasteiger partial charge in [-0.15, -0.1) is 0 Å². The maximum atomic E-state index is 12.0. The van der Waals surface area contributed by atoms with Gasteiger partial charge in [-0.2, -0.15) is 0 Å². The van der Waals surface area contributed by atoms with Gasteiger partial charge in [-0.1, -0.05) is 30.3 Å². The Morgan fingerprint density at radius 2 is 2.15 bits per heavy atom. The second-order valence-corrected chi connectivity index (χ2v) is 4.78. The Kier molecular flexibility index (Phi) is 5.12. The van der Waals surface area contributed by atoms with Crippen LogP contribution in [-0.2, 0) is 25.5 Å². The van der Waals surface area contributed by atoms with E-state index in [0.29, 0.717) is 19.4 Å². The number of hydrogen-bond donors (Lipinski definition) is 1. The van der Waals surface area contributed by atoms with Crippen LogP contribution in [0.25, 0.3) is 0 Å². The summed E-state index contributed by atoms with van der Waals surface area (Å²) in [6.07, 6.45) is 1.54. The summed E-state index contributed by atoms with van der Waals surface area (Å²) in [5.74, 6) is -0.686. The molecule has 0 spiro atoms. The van der Waals surface area contributed by atoms with Crippen molar-refractivity contribution in [3.8, 4) is 0 Å². The van der Waals surface area contributed by atoms with Crippen molar-refractivity contribution in [3.05, 3.63) is 35.9 Å². The predicted octanol–water partition coefficient (Wildman–Crippen LogP) is 1.07. The predicted molar refractivity (Wildman–Crippen MR) is 73.1 cm³/mol. The first kappa shape index (κ1) is 14.5. The molecule has 108 valence electrons. The van der Waals surface area contributed by atoms with Gasteiger partial charge in [0.25, 0.3) is 0 Å². The topological polar surface area (TPSA) is 64.6 Å². The van der Waals surface area contributed by atoms with Gasteiger partial charge in [0.05, 0.1) is 7.11 Å². The van der Waals surface area contributed by atoms with Crippen molar-refractivity contribution in [2.45, 2.75) is 31.4 Å². The molecule has 2 rings (SSSR count). The van der Waals surface area contributed by atoms with Gasteiger partial charge in [0.2, 0.25) is 5.91 Å². The van der Waals surface area contributed by atoms with Crippen LogP contribution in [0.5, 0.6) is 0 Å². The number of esters is 1. The van der Waals surface area contributed by atoms with E-state index in [1.54, 1.807) is 0 Å². The molecule has 1 unspecified atom stereocenters. The fourth-order valence-corrected chi connectivity index (χ4v) is 2.23. The van der Waals surface area contributed by atoms with Crippen molar-refractivity contribution in [2.75, 3.05) is 13.7 Å². The highest BCUT2D eigenvalue weighted by Crippen LogP contribution is 2.13. The Morgan fingerprint density at radius 1 is 1.40 bits per heavy atom. The third kappa shape index (κ3) is 3.81. The number of hydrogen-bond acceptors (Lipinski definition) is 4. The van der Waals surface area contributed by atoms with E-state index in [-0.39, 0.29) is 5.91 Å². The molecule has 0 aliphatic carbocycles. The summed E-state index contributed by atoms with van der Waals surface area (Å²) in [5, 5.41) is 2.72. The minimum Gasteiger partial charge on any atom is -0.467 e. The minimum absolute atomic E-state index is 0.242.